The molecule has 6 nitrogen and oxygen atoms in total. The van der Waals surface area contributed by atoms with Crippen LogP contribution < -0.4 is 15.5 Å². The highest BCUT2D eigenvalue weighted by atomic mass is 19.1. The van der Waals surface area contributed by atoms with Gasteiger partial charge in [-0.15, -0.1) is 0 Å². The zero-order valence-corrected chi connectivity index (χ0v) is 17.5. The van der Waals surface area contributed by atoms with Gasteiger partial charge in [0.2, 0.25) is 5.91 Å². The van der Waals surface area contributed by atoms with Gasteiger partial charge in [0.05, 0.1) is 11.3 Å². The second-order valence-electron chi connectivity index (χ2n) is 7.43. The second-order valence-corrected chi connectivity index (χ2v) is 7.43. The summed E-state index contributed by atoms with van der Waals surface area (Å²) in [6.45, 7) is 3.32. The Balaban J connectivity index is 1.79. The quantitative estimate of drug-likeness (QED) is 0.586. The molecule has 0 aromatic heterocycles. The minimum absolute atomic E-state index is 0.0946. The van der Waals surface area contributed by atoms with Crippen molar-refractivity contribution in [3.05, 3.63) is 95.4 Å². The number of rotatable bonds is 5. The van der Waals surface area contributed by atoms with E-state index in [0.29, 0.717) is 16.9 Å². The van der Waals surface area contributed by atoms with Crippen LogP contribution in [-0.2, 0) is 14.4 Å². The zero-order valence-electron chi connectivity index (χ0n) is 17.5. The van der Waals surface area contributed by atoms with Crippen LogP contribution in [0.1, 0.15) is 18.1 Å². The van der Waals surface area contributed by atoms with Gasteiger partial charge >= 0.3 is 0 Å². The number of carbonyl (C=O) groups is 3. The highest BCUT2D eigenvalue weighted by Gasteiger charge is 2.40. The van der Waals surface area contributed by atoms with Crippen molar-refractivity contribution in [1.29, 1.82) is 0 Å². The first-order valence-electron chi connectivity index (χ1n) is 9.94. The van der Waals surface area contributed by atoms with E-state index < -0.39 is 17.6 Å². The molecule has 0 spiro atoms. The van der Waals surface area contributed by atoms with Crippen LogP contribution in [0.2, 0.25) is 0 Å². The van der Waals surface area contributed by atoms with Gasteiger partial charge in [-0.05, 0) is 60.5 Å². The summed E-state index contributed by atoms with van der Waals surface area (Å²) in [5, 5.41) is 5.74. The maximum Gasteiger partial charge on any atom is 0.282 e. The van der Waals surface area contributed by atoms with Crippen molar-refractivity contribution < 1.29 is 18.8 Å². The minimum atomic E-state index is -0.581. The number of hydrogen-bond acceptors (Lipinski definition) is 4. The van der Waals surface area contributed by atoms with E-state index in [-0.39, 0.29) is 22.9 Å². The fourth-order valence-corrected chi connectivity index (χ4v) is 3.55. The summed E-state index contributed by atoms with van der Waals surface area (Å²) < 4.78 is 13.8. The van der Waals surface area contributed by atoms with Crippen LogP contribution in [0.5, 0.6) is 0 Å². The molecule has 1 aliphatic rings. The number of aryl methyl sites for hydroxylation is 1. The maximum absolute atomic E-state index is 13.8. The van der Waals surface area contributed by atoms with Crippen molar-refractivity contribution in [1.82, 2.24) is 0 Å². The molecule has 0 unspecified atom stereocenters. The monoisotopic (exact) mass is 429 g/mol. The van der Waals surface area contributed by atoms with Crippen LogP contribution in [0.3, 0.4) is 0 Å². The summed E-state index contributed by atoms with van der Waals surface area (Å²) in [5.41, 5.74) is 3.09. The molecule has 32 heavy (non-hydrogen) atoms. The van der Waals surface area contributed by atoms with Crippen LogP contribution in [-0.4, -0.2) is 17.7 Å². The van der Waals surface area contributed by atoms with Crippen molar-refractivity contribution in [2.75, 3.05) is 15.5 Å². The summed E-state index contributed by atoms with van der Waals surface area (Å²) >= 11 is 0. The van der Waals surface area contributed by atoms with Crippen molar-refractivity contribution >= 4 is 40.4 Å². The number of nitrogens with zero attached hydrogens (tertiary/aromatic N) is 1. The van der Waals surface area contributed by atoms with Gasteiger partial charge in [-0.2, -0.15) is 0 Å². The van der Waals surface area contributed by atoms with Crippen molar-refractivity contribution in [2.45, 2.75) is 13.8 Å². The number of halogens is 1. The van der Waals surface area contributed by atoms with Gasteiger partial charge < -0.3 is 10.6 Å². The molecule has 4 rings (SSSR count). The van der Waals surface area contributed by atoms with E-state index in [2.05, 4.69) is 10.6 Å². The zero-order chi connectivity index (χ0) is 22.8. The van der Waals surface area contributed by atoms with Gasteiger partial charge in [0.1, 0.15) is 11.5 Å². The highest BCUT2D eigenvalue weighted by molar-refractivity contribution is 6.46. The van der Waals surface area contributed by atoms with Crippen molar-refractivity contribution in [3.8, 4) is 0 Å². The van der Waals surface area contributed by atoms with Gasteiger partial charge in [0.25, 0.3) is 11.8 Å². The Labute approximate surface area is 184 Å². The van der Waals surface area contributed by atoms with E-state index in [0.717, 1.165) is 16.5 Å². The van der Waals surface area contributed by atoms with Crippen molar-refractivity contribution in [2.24, 2.45) is 0 Å². The standard InChI is InChI=1S/C25H20FN3O3/c1-15-5-3-7-20(13-15)28-23-22(17-9-11-19(12-10-17)27-16(2)30)24(31)29(25(23)32)21-8-4-6-18(26)14-21/h3-14,28H,1-2H3,(H,27,30). The Hall–Kier alpha value is -4.26. The van der Waals surface area contributed by atoms with Crippen LogP contribution in [0, 0.1) is 12.7 Å². The largest absolute Gasteiger partial charge is 0.350 e. The number of amides is 3. The molecule has 3 aromatic rings. The molecule has 3 aromatic carbocycles. The van der Waals surface area contributed by atoms with E-state index in [9.17, 15) is 18.8 Å². The van der Waals surface area contributed by atoms with Gasteiger partial charge in [-0.3, -0.25) is 14.4 Å². The predicted octanol–water partition coefficient (Wildman–Crippen LogP) is 4.49. The number of hydrogen-bond donors (Lipinski definition) is 2. The summed E-state index contributed by atoms with van der Waals surface area (Å²) in [6, 6.07) is 19.3. The third-order valence-corrected chi connectivity index (χ3v) is 4.93. The van der Waals surface area contributed by atoms with Crippen LogP contribution in [0.4, 0.5) is 21.5 Å². The Kier molecular flexibility index (Phi) is 5.55. The third kappa shape index (κ3) is 4.13. The molecule has 7 heteroatoms. The second kappa shape index (κ2) is 8.47. The molecule has 0 bridgehead atoms. The molecule has 0 fully saturated rings. The van der Waals surface area contributed by atoms with Crippen molar-refractivity contribution in [3.63, 3.8) is 0 Å². The summed E-state index contributed by atoms with van der Waals surface area (Å²) in [4.78, 5) is 38.9. The summed E-state index contributed by atoms with van der Waals surface area (Å²) in [7, 11) is 0. The Morgan fingerprint density at radius 3 is 2.25 bits per heavy atom. The number of imide groups is 1. The molecule has 0 saturated carbocycles. The summed E-state index contributed by atoms with van der Waals surface area (Å²) in [5.74, 6) is -1.92. The van der Waals surface area contributed by atoms with Crippen LogP contribution >= 0.6 is 0 Å². The minimum Gasteiger partial charge on any atom is -0.350 e. The molecular weight excluding hydrogens is 409 g/mol. The van der Waals surface area contributed by atoms with Crippen LogP contribution in [0.15, 0.2) is 78.5 Å². The molecule has 1 aliphatic heterocycles. The van der Waals surface area contributed by atoms with Gasteiger partial charge in [-0.1, -0.05) is 30.3 Å². The lowest BCUT2D eigenvalue weighted by atomic mass is 10.0. The van der Waals surface area contributed by atoms with Gasteiger partial charge in [-0.25, -0.2) is 9.29 Å². The van der Waals surface area contributed by atoms with E-state index in [1.54, 1.807) is 30.3 Å². The number of benzene rings is 3. The molecular formula is C25H20FN3O3. The lowest BCUT2D eigenvalue weighted by molar-refractivity contribution is -0.120. The number of carbonyl (C=O) groups excluding carboxylic acids is 3. The SMILES string of the molecule is CC(=O)Nc1ccc(C2=C(Nc3cccc(C)c3)C(=O)N(c3cccc(F)c3)C2=O)cc1. The Morgan fingerprint density at radius 1 is 0.875 bits per heavy atom. The van der Waals surface area contributed by atoms with E-state index >= 15 is 0 Å². The maximum atomic E-state index is 13.8. The molecule has 3 amide bonds. The molecule has 2 N–H and O–H groups in total. The average molecular weight is 429 g/mol. The normalized spacial score (nSPS) is 13.5. The molecule has 0 aliphatic carbocycles. The number of anilines is 3. The summed E-state index contributed by atoms with van der Waals surface area (Å²) in [6.07, 6.45) is 0. The van der Waals surface area contributed by atoms with E-state index in [1.165, 1.54) is 25.1 Å². The van der Waals surface area contributed by atoms with E-state index in [4.69, 9.17) is 0 Å². The highest BCUT2D eigenvalue weighted by Crippen LogP contribution is 2.34. The Morgan fingerprint density at radius 2 is 1.59 bits per heavy atom. The fourth-order valence-electron chi connectivity index (χ4n) is 3.55. The lowest BCUT2D eigenvalue weighted by Crippen LogP contribution is -2.32. The molecule has 0 saturated heterocycles. The molecule has 0 atom stereocenters. The first-order valence-corrected chi connectivity index (χ1v) is 9.94. The molecule has 160 valence electrons. The first-order chi connectivity index (χ1) is 15.3. The smallest absolute Gasteiger partial charge is 0.282 e. The third-order valence-electron chi connectivity index (χ3n) is 4.93. The van der Waals surface area contributed by atoms with Gasteiger partial charge in [0.15, 0.2) is 0 Å². The molecule has 0 radical (unpaired) electrons. The average Bonchev–Trinajstić information content (AvgIpc) is 2.98. The van der Waals surface area contributed by atoms with Crippen LogP contribution in [0.25, 0.3) is 5.57 Å². The first kappa shape index (κ1) is 21.0. The predicted molar refractivity (Wildman–Crippen MR) is 121 cm³/mol. The molecule has 1 heterocycles. The fraction of sp³-hybridized carbons (Fsp3) is 0.0800. The van der Waals surface area contributed by atoms with Gasteiger partial charge in [0, 0.05) is 18.3 Å². The lowest BCUT2D eigenvalue weighted by Gasteiger charge is -2.15. The topological polar surface area (TPSA) is 78.5 Å². The van der Waals surface area contributed by atoms with E-state index in [1.807, 2.05) is 25.1 Å². The Bertz CT molecular complexity index is 1270. The number of nitrogens with one attached hydrogen (secondary N) is 2.